The third kappa shape index (κ3) is 3.73. The third-order valence-corrected chi connectivity index (χ3v) is 2.91. The Morgan fingerprint density at radius 3 is 2.88 bits per heavy atom. The molecule has 0 spiro atoms. The molecule has 1 rings (SSSR count). The molecule has 0 radical (unpaired) electrons. The highest BCUT2D eigenvalue weighted by molar-refractivity contribution is 5.80. The van der Waals surface area contributed by atoms with E-state index < -0.39 is 6.04 Å². The van der Waals surface area contributed by atoms with Crippen molar-refractivity contribution in [3.63, 3.8) is 0 Å². The minimum atomic E-state index is -0.433. The summed E-state index contributed by atoms with van der Waals surface area (Å²) in [5.41, 5.74) is 5.52. The lowest BCUT2D eigenvalue weighted by Gasteiger charge is -2.42. The molecule has 16 heavy (non-hydrogen) atoms. The maximum absolute atomic E-state index is 11.3. The second-order valence-electron chi connectivity index (χ2n) is 4.93. The monoisotopic (exact) mass is 229 g/mol. The van der Waals surface area contributed by atoms with Gasteiger partial charge in [0.1, 0.15) is 0 Å². The van der Waals surface area contributed by atoms with Gasteiger partial charge >= 0.3 is 0 Å². The van der Waals surface area contributed by atoms with E-state index in [1.807, 2.05) is 0 Å². The Morgan fingerprint density at radius 2 is 2.31 bits per heavy atom. The lowest BCUT2D eigenvalue weighted by Crippen LogP contribution is -2.55. The number of nitrogens with zero attached hydrogens (tertiary/aromatic N) is 1. The number of carbonyl (C=O) groups is 1. The quantitative estimate of drug-likeness (QED) is 0.686. The van der Waals surface area contributed by atoms with Gasteiger partial charge in [0.05, 0.1) is 19.3 Å². The first-order valence-corrected chi connectivity index (χ1v) is 5.79. The molecule has 1 aliphatic rings. The van der Waals surface area contributed by atoms with Gasteiger partial charge in [0.25, 0.3) is 0 Å². The fourth-order valence-corrected chi connectivity index (χ4v) is 1.78. The third-order valence-electron chi connectivity index (χ3n) is 2.91. The molecule has 0 aromatic rings. The summed E-state index contributed by atoms with van der Waals surface area (Å²) in [6.45, 7) is 9.91. The van der Waals surface area contributed by atoms with Crippen molar-refractivity contribution >= 4 is 5.91 Å². The second kappa shape index (κ2) is 5.61. The van der Waals surface area contributed by atoms with Crippen LogP contribution in [0.2, 0.25) is 0 Å². The fourth-order valence-electron chi connectivity index (χ4n) is 1.78. The van der Waals surface area contributed by atoms with Gasteiger partial charge in [-0.2, -0.15) is 0 Å². The smallest absolute Gasteiger partial charge is 0.236 e. The van der Waals surface area contributed by atoms with E-state index in [2.05, 4.69) is 24.1 Å². The normalized spacial score (nSPS) is 22.8. The van der Waals surface area contributed by atoms with Gasteiger partial charge in [-0.15, -0.1) is 0 Å². The van der Waals surface area contributed by atoms with Crippen molar-refractivity contribution in [3.05, 3.63) is 0 Å². The molecule has 94 valence electrons. The summed E-state index contributed by atoms with van der Waals surface area (Å²) in [7, 11) is 0. The Balaban J connectivity index is 2.29. The summed E-state index contributed by atoms with van der Waals surface area (Å²) in [5, 5.41) is 2.82. The Kier molecular flexibility index (Phi) is 4.70. The van der Waals surface area contributed by atoms with Gasteiger partial charge in [-0.1, -0.05) is 0 Å². The zero-order chi connectivity index (χ0) is 12.2. The fraction of sp³-hybridized carbons (Fsp3) is 0.909. The maximum atomic E-state index is 11.3. The van der Waals surface area contributed by atoms with Gasteiger partial charge in [-0.25, -0.2) is 0 Å². The molecule has 0 aliphatic carbocycles. The molecule has 3 N–H and O–H groups in total. The van der Waals surface area contributed by atoms with E-state index in [0.717, 1.165) is 26.3 Å². The minimum Gasteiger partial charge on any atom is -0.378 e. The van der Waals surface area contributed by atoms with Crippen LogP contribution in [0.4, 0.5) is 0 Å². The summed E-state index contributed by atoms with van der Waals surface area (Å²) < 4.78 is 5.43. The van der Waals surface area contributed by atoms with Crippen molar-refractivity contribution in [2.45, 2.75) is 32.4 Å². The van der Waals surface area contributed by atoms with E-state index in [-0.39, 0.29) is 11.4 Å². The summed E-state index contributed by atoms with van der Waals surface area (Å²) in [5.74, 6) is -0.0916. The van der Waals surface area contributed by atoms with Crippen molar-refractivity contribution in [2.75, 3.05) is 32.8 Å². The van der Waals surface area contributed by atoms with Crippen LogP contribution in [0.3, 0.4) is 0 Å². The van der Waals surface area contributed by atoms with Crippen LogP contribution in [0, 0.1) is 0 Å². The number of nitrogens with one attached hydrogen (secondary N) is 1. The number of hydrogen-bond donors (Lipinski definition) is 2. The Morgan fingerprint density at radius 1 is 1.62 bits per heavy atom. The van der Waals surface area contributed by atoms with E-state index in [1.165, 1.54) is 0 Å². The van der Waals surface area contributed by atoms with Crippen molar-refractivity contribution in [3.8, 4) is 0 Å². The standard InChI is InChI=1S/C11H23N3O2/c1-9(12)10(15)13-4-5-14-6-7-16-8-11(14,2)3/h9H,4-8,12H2,1-3H3,(H,13,15)/t9-/m1/s1. The molecule has 1 heterocycles. The van der Waals surface area contributed by atoms with Gasteiger partial charge < -0.3 is 15.8 Å². The molecule has 1 amide bonds. The highest BCUT2D eigenvalue weighted by Crippen LogP contribution is 2.17. The Hall–Kier alpha value is -0.650. The van der Waals surface area contributed by atoms with Crippen LogP contribution < -0.4 is 11.1 Å². The van der Waals surface area contributed by atoms with Crippen LogP contribution >= 0.6 is 0 Å². The van der Waals surface area contributed by atoms with Crippen LogP contribution in [-0.4, -0.2) is 55.2 Å². The van der Waals surface area contributed by atoms with Crippen LogP contribution in [0.15, 0.2) is 0 Å². The number of rotatable bonds is 4. The van der Waals surface area contributed by atoms with E-state index in [0.29, 0.717) is 6.54 Å². The molecule has 1 aliphatic heterocycles. The van der Waals surface area contributed by atoms with Crippen molar-refractivity contribution < 1.29 is 9.53 Å². The number of nitrogens with two attached hydrogens (primary N) is 1. The lowest BCUT2D eigenvalue weighted by molar-refractivity contribution is -0.122. The summed E-state index contributed by atoms with van der Waals surface area (Å²) in [6.07, 6.45) is 0. The van der Waals surface area contributed by atoms with Crippen LogP contribution in [-0.2, 0) is 9.53 Å². The zero-order valence-corrected chi connectivity index (χ0v) is 10.5. The molecule has 5 nitrogen and oxygen atoms in total. The molecular formula is C11H23N3O2. The number of carbonyl (C=O) groups excluding carboxylic acids is 1. The average Bonchev–Trinajstić information content (AvgIpc) is 2.19. The molecular weight excluding hydrogens is 206 g/mol. The predicted octanol–water partition coefficient (Wildman–Crippen LogP) is -0.439. The number of amides is 1. The molecule has 0 unspecified atom stereocenters. The van der Waals surface area contributed by atoms with Crippen LogP contribution in [0.5, 0.6) is 0 Å². The minimum absolute atomic E-state index is 0.0529. The number of ether oxygens (including phenoxy) is 1. The van der Waals surface area contributed by atoms with Gasteiger partial charge in [-0.3, -0.25) is 9.69 Å². The Bertz CT molecular complexity index is 241. The summed E-state index contributed by atoms with van der Waals surface area (Å²) in [4.78, 5) is 13.6. The van der Waals surface area contributed by atoms with Crippen LogP contribution in [0.25, 0.3) is 0 Å². The molecule has 0 aromatic carbocycles. The number of hydrogen-bond acceptors (Lipinski definition) is 4. The van der Waals surface area contributed by atoms with Crippen molar-refractivity contribution in [1.29, 1.82) is 0 Å². The van der Waals surface area contributed by atoms with Gasteiger partial charge in [-0.05, 0) is 20.8 Å². The van der Waals surface area contributed by atoms with Gasteiger partial charge in [0.2, 0.25) is 5.91 Å². The molecule has 5 heteroatoms. The zero-order valence-electron chi connectivity index (χ0n) is 10.5. The summed E-state index contributed by atoms with van der Waals surface area (Å²) in [6, 6.07) is -0.433. The SMILES string of the molecule is C[C@@H](N)C(=O)NCCN1CCOCC1(C)C. The molecule has 0 saturated carbocycles. The lowest BCUT2D eigenvalue weighted by atomic mass is 10.0. The maximum Gasteiger partial charge on any atom is 0.236 e. The van der Waals surface area contributed by atoms with Gasteiger partial charge in [0.15, 0.2) is 0 Å². The second-order valence-corrected chi connectivity index (χ2v) is 4.93. The molecule has 0 bridgehead atoms. The highest BCUT2D eigenvalue weighted by Gasteiger charge is 2.29. The first-order valence-electron chi connectivity index (χ1n) is 5.79. The molecule has 1 saturated heterocycles. The van der Waals surface area contributed by atoms with E-state index in [1.54, 1.807) is 6.92 Å². The average molecular weight is 229 g/mol. The topological polar surface area (TPSA) is 67.6 Å². The summed E-state index contributed by atoms with van der Waals surface area (Å²) >= 11 is 0. The molecule has 1 atom stereocenters. The molecule has 1 fully saturated rings. The van der Waals surface area contributed by atoms with Gasteiger partial charge in [0, 0.05) is 25.2 Å². The largest absolute Gasteiger partial charge is 0.378 e. The van der Waals surface area contributed by atoms with E-state index in [4.69, 9.17) is 10.5 Å². The first kappa shape index (κ1) is 13.4. The van der Waals surface area contributed by atoms with E-state index in [9.17, 15) is 4.79 Å². The predicted molar refractivity (Wildman–Crippen MR) is 63.1 cm³/mol. The highest BCUT2D eigenvalue weighted by atomic mass is 16.5. The van der Waals surface area contributed by atoms with E-state index >= 15 is 0 Å². The number of morpholine rings is 1. The van der Waals surface area contributed by atoms with Crippen molar-refractivity contribution in [1.82, 2.24) is 10.2 Å². The van der Waals surface area contributed by atoms with Crippen molar-refractivity contribution in [2.24, 2.45) is 5.73 Å². The first-order chi connectivity index (χ1) is 7.43. The molecule has 0 aromatic heterocycles. The Labute approximate surface area is 97.3 Å². The van der Waals surface area contributed by atoms with Crippen LogP contribution in [0.1, 0.15) is 20.8 Å².